The van der Waals surface area contributed by atoms with Crippen molar-refractivity contribution in [2.45, 2.75) is 76.0 Å². The van der Waals surface area contributed by atoms with Gasteiger partial charge in [0.2, 0.25) is 11.8 Å². The molecule has 8 nitrogen and oxygen atoms in total. The average molecular weight is 570 g/mol. The molecule has 0 saturated heterocycles. The highest BCUT2D eigenvalue weighted by atomic mass is 19.1. The number of halogens is 1. The second kappa shape index (κ2) is 14.8. The Kier molecular flexibility index (Phi) is 11.1. The molecule has 0 aromatic heterocycles. The first-order chi connectivity index (χ1) is 19.8. The lowest BCUT2D eigenvalue weighted by Crippen LogP contribution is -2.52. The molecule has 4 N–H and O–H groups in total. The number of hydrogen-bond acceptors (Lipinski definition) is 6. The third-order valence-electron chi connectivity index (χ3n) is 8.09. The van der Waals surface area contributed by atoms with E-state index < -0.39 is 23.9 Å². The predicted octanol–water partition coefficient (Wildman–Crippen LogP) is 3.39. The number of aliphatic hydroxyl groups excluding tert-OH is 1. The van der Waals surface area contributed by atoms with Gasteiger partial charge in [0.1, 0.15) is 11.6 Å². The molecular weight excluding hydrogens is 525 g/mol. The van der Waals surface area contributed by atoms with Crippen LogP contribution in [0.5, 0.6) is 5.75 Å². The van der Waals surface area contributed by atoms with E-state index in [9.17, 15) is 19.1 Å². The van der Waals surface area contributed by atoms with Crippen LogP contribution in [0, 0.1) is 11.7 Å². The summed E-state index contributed by atoms with van der Waals surface area (Å²) in [6, 6.07) is 12.3. The number of carbonyl (C=O) groups excluding carboxylic acids is 2. The predicted molar refractivity (Wildman–Crippen MR) is 155 cm³/mol. The number of rotatable bonds is 8. The molecule has 2 aliphatic rings. The van der Waals surface area contributed by atoms with Crippen LogP contribution in [-0.2, 0) is 32.7 Å². The number of nitrogens with one attached hydrogen (secondary N) is 3. The standard InChI is InChI=1S/C32H44FN3O5/c1-3-22-7-6-8-25(15-22)32(11-12-32)35-20-29(37)28-18-23-16-26(33)19-27(17-23)41-14-5-4-13-34-30(38)10-9-24(21-40-2)31(39)36-28/h6-8,15-17,19,24,28-29,35,37H,3-5,9-14,18,20-21H2,1-2H3,(H,34,38)(H,36,39)/t24?,28-,29+/m0/s1. The second-order valence-electron chi connectivity index (χ2n) is 11.3. The largest absolute Gasteiger partial charge is 0.493 e. The molecule has 1 heterocycles. The smallest absolute Gasteiger partial charge is 0.225 e. The van der Waals surface area contributed by atoms with Crippen molar-refractivity contribution in [2.24, 2.45) is 5.92 Å². The highest BCUT2D eigenvalue weighted by Crippen LogP contribution is 2.45. The van der Waals surface area contributed by atoms with Gasteiger partial charge in [-0.05, 0) is 73.8 Å². The Bertz CT molecular complexity index is 1170. The third-order valence-corrected chi connectivity index (χ3v) is 8.09. The third kappa shape index (κ3) is 8.99. The van der Waals surface area contributed by atoms with Gasteiger partial charge in [0, 0.05) is 38.2 Å². The molecule has 2 bridgehead atoms. The van der Waals surface area contributed by atoms with Gasteiger partial charge < -0.3 is 30.5 Å². The van der Waals surface area contributed by atoms with Crippen LogP contribution in [0.1, 0.15) is 62.1 Å². The second-order valence-corrected chi connectivity index (χ2v) is 11.3. The fraction of sp³-hybridized carbons (Fsp3) is 0.562. The van der Waals surface area contributed by atoms with Crippen LogP contribution in [0.3, 0.4) is 0 Å². The Morgan fingerprint density at radius 3 is 2.78 bits per heavy atom. The molecule has 0 radical (unpaired) electrons. The Hall–Kier alpha value is -3.01. The first-order valence-corrected chi connectivity index (χ1v) is 14.8. The number of aryl methyl sites for hydroxylation is 1. The summed E-state index contributed by atoms with van der Waals surface area (Å²) in [5, 5.41) is 20.9. The van der Waals surface area contributed by atoms with Crippen molar-refractivity contribution >= 4 is 11.8 Å². The zero-order valence-corrected chi connectivity index (χ0v) is 24.2. The number of aliphatic hydroxyl groups is 1. The minimum absolute atomic E-state index is 0.125. The highest BCUT2D eigenvalue weighted by Gasteiger charge is 2.44. The number of carbonyl (C=O) groups is 2. The van der Waals surface area contributed by atoms with Crippen molar-refractivity contribution in [3.63, 3.8) is 0 Å². The van der Waals surface area contributed by atoms with E-state index >= 15 is 0 Å². The Morgan fingerprint density at radius 1 is 1.20 bits per heavy atom. The van der Waals surface area contributed by atoms with Crippen LogP contribution < -0.4 is 20.7 Å². The SMILES string of the molecule is CCc1cccc(C2(NC[C@@H](O)[C@@H]3Cc4cc(F)cc(c4)OCCCCNC(=O)CCC(COC)C(=O)N3)CC2)c1. The molecule has 1 fully saturated rings. The van der Waals surface area contributed by atoms with Gasteiger partial charge in [-0.2, -0.15) is 0 Å². The van der Waals surface area contributed by atoms with E-state index in [0.29, 0.717) is 37.3 Å². The van der Waals surface area contributed by atoms with E-state index in [1.54, 1.807) is 6.07 Å². The molecular formula is C32H44FN3O5. The van der Waals surface area contributed by atoms with Crippen LogP contribution in [-0.4, -0.2) is 62.5 Å². The van der Waals surface area contributed by atoms with Crippen LogP contribution in [0.4, 0.5) is 4.39 Å². The van der Waals surface area contributed by atoms with Gasteiger partial charge in [0.05, 0.1) is 31.3 Å². The number of fused-ring (bicyclic) bond motifs is 2. The van der Waals surface area contributed by atoms with E-state index in [4.69, 9.17) is 9.47 Å². The molecule has 1 unspecified atom stereocenters. The van der Waals surface area contributed by atoms with Crippen molar-refractivity contribution in [2.75, 3.05) is 33.4 Å². The zero-order chi connectivity index (χ0) is 29.2. The summed E-state index contributed by atoms with van der Waals surface area (Å²) >= 11 is 0. The number of amides is 2. The van der Waals surface area contributed by atoms with Crippen molar-refractivity contribution < 1.29 is 28.6 Å². The maximum absolute atomic E-state index is 14.6. The van der Waals surface area contributed by atoms with Gasteiger partial charge >= 0.3 is 0 Å². The van der Waals surface area contributed by atoms with Crippen LogP contribution in [0.15, 0.2) is 42.5 Å². The first kappa shape index (κ1) is 30.9. The fourth-order valence-corrected chi connectivity index (χ4v) is 5.41. The van der Waals surface area contributed by atoms with E-state index in [1.165, 1.54) is 30.4 Å². The summed E-state index contributed by atoms with van der Waals surface area (Å²) in [5.74, 6) is -1.04. The molecule has 2 aromatic carbocycles. The molecule has 4 rings (SSSR count). The summed E-state index contributed by atoms with van der Waals surface area (Å²) in [7, 11) is 1.52. The Morgan fingerprint density at radius 2 is 2.02 bits per heavy atom. The molecule has 41 heavy (non-hydrogen) atoms. The van der Waals surface area contributed by atoms with Crippen molar-refractivity contribution in [3.8, 4) is 5.75 Å². The summed E-state index contributed by atoms with van der Waals surface area (Å²) in [6.45, 7) is 3.42. The van der Waals surface area contributed by atoms with Crippen LogP contribution >= 0.6 is 0 Å². The molecule has 0 spiro atoms. The quantitative estimate of drug-likeness (QED) is 0.388. The summed E-state index contributed by atoms with van der Waals surface area (Å²) in [4.78, 5) is 25.8. The number of methoxy groups -OCH3 is 1. The van der Waals surface area contributed by atoms with Gasteiger partial charge in [-0.25, -0.2) is 4.39 Å². The number of benzene rings is 2. The summed E-state index contributed by atoms with van der Waals surface area (Å²) < 4.78 is 25.6. The molecule has 1 aliphatic carbocycles. The molecule has 2 amide bonds. The van der Waals surface area contributed by atoms with Gasteiger partial charge in [-0.1, -0.05) is 31.2 Å². The minimum Gasteiger partial charge on any atom is -0.493 e. The van der Waals surface area contributed by atoms with Gasteiger partial charge in [0.15, 0.2) is 0 Å². The number of ether oxygens (including phenoxy) is 2. The van der Waals surface area contributed by atoms with E-state index in [0.717, 1.165) is 25.7 Å². The molecule has 9 heteroatoms. The minimum atomic E-state index is -0.952. The fourth-order valence-electron chi connectivity index (χ4n) is 5.41. The lowest BCUT2D eigenvalue weighted by Gasteiger charge is -2.29. The van der Waals surface area contributed by atoms with Crippen LogP contribution in [0.2, 0.25) is 0 Å². The van der Waals surface area contributed by atoms with E-state index in [-0.39, 0.29) is 43.3 Å². The zero-order valence-electron chi connectivity index (χ0n) is 24.2. The lowest BCUT2D eigenvalue weighted by molar-refractivity contribution is -0.129. The lowest BCUT2D eigenvalue weighted by atomic mass is 9.96. The maximum Gasteiger partial charge on any atom is 0.225 e. The molecule has 2 aromatic rings. The average Bonchev–Trinajstić information content (AvgIpc) is 3.76. The van der Waals surface area contributed by atoms with Crippen molar-refractivity contribution in [1.82, 2.24) is 16.0 Å². The highest BCUT2D eigenvalue weighted by molar-refractivity contribution is 5.81. The topological polar surface area (TPSA) is 109 Å². The Labute approximate surface area is 242 Å². The van der Waals surface area contributed by atoms with Crippen LogP contribution in [0.25, 0.3) is 0 Å². The van der Waals surface area contributed by atoms with Crippen molar-refractivity contribution in [1.29, 1.82) is 0 Å². The molecule has 1 saturated carbocycles. The molecule has 3 atom stereocenters. The number of hydrogen-bond donors (Lipinski definition) is 4. The van der Waals surface area contributed by atoms with E-state index in [1.807, 2.05) is 0 Å². The van der Waals surface area contributed by atoms with Crippen molar-refractivity contribution in [3.05, 3.63) is 65.0 Å². The normalized spacial score (nSPS) is 22.5. The van der Waals surface area contributed by atoms with Gasteiger partial charge in [0.25, 0.3) is 0 Å². The molecule has 224 valence electrons. The first-order valence-electron chi connectivity index (χ1n) is 14.8. The monoisotopic (exact) mass is 569 g/mol. The summed E-state index contributed by atoms with van der Waals surface area (Å²) in [6.07, 6.45) is 4.07. The van der Waals surface area contributed by atoms with Gasteiger partial charge in [-0.15, -0.1) is 0 Å². The van der Waals surface area contributed by atoms with Gasteiger partial charge in [-0.3, -0.25) is 9.59 Å². The Balaban J connectivity index is 1.54. The van der Waals surface area contributed by atoms with E-state index in [2.05, 4.69) is 47.1 Å². The molecule has 1 aliphatic heterocycles. The maximum atomic E-state index is 14.6. The summed E-state index contributed by atoms with van der Waals surface area (Å²) in [5.41, 5.74) is 2.88.